The fourth-order valence-electron chi connectivity index (χ4n) is 1.26. The summed E-state index contributed by atoms with van der Waals surface area (Å²) in [6.45, 7) is 3.15. The van der Waals surface area contributed by atoms with Gasteiger partial charge in [0, 0.05) is 12.7 Å². The topological polar surface area (TPSA) is 64.3 Å². The van der Waals surface area contributed by atoms with Crippen LogP contribution in [0.1, 0.15) is 13.8 Å². The molecule has 84 valence electrons. The van der Waals surface area contributed by atoms with Gasteiger partial charge >= 0.3 is 0 Å². The largest absolute Gasteiger partial charge is 0.508 e. The van der Waals surface area contributed by atoms with E-state index in [1.54, 1.807) is 33.0 Å². The zero-order valence-electron chi connectivity index (χ0n) is 9.56. The quantitative estimate of drug-likeness (QED) is 0.824. The number of anilines is 1. The van der Waals surface area contributed by atoms with Crippen molar-refractivity contribution in [1.82, 2.24) is 0 Å². The first-order valence-corrected chi connectivity index (χ1v) is 4.87. The highest BCUT2D eigenvalue weighted by molar-refractivity contribution is 5.98. The maximum absolute atomic E-state index is 11.9. The number of amides is 1. The minimum atomic E-state index is -1.05. The van der Waals surface area contributed by atoms with E-state index in [4.69, 9.17) is 10.4 Å². The summed E-state index contributed by atoms with van der Waals surface area (Å²) in [5, 5.41) is 18.0. The van der Waals surface area contributed by atoms with Gasteiger partial charge in [-0.05, 0) is 38.1 Å². The lowest BCUT2D eigenvalue weighted by molar-refractivity contribution is -0.123. The van der Waals surface area contributed by atoms with E-state index in [-0.39, 0.29) is 11.7 Å². The Morgan fingerprint density at radius 3 is 2.31 bits per heavy atom. The number of rotatable bonds is 2. The van der Waals surface area contributed by atoms with Crippen molar-refractivity contribution in [3.8, 4) is 11.8 Å². The molecule has 0 atom stereocenters. The summed E-state index contributed by atoms with van der Waals surface area (Å²) in [6, 6.07) is 8.21. The molecule has 0 heterocycles. The van der Waals surface area contributed by atoms with Gasteiger partial charge in [-0.15, -0.1) is 0 Å². The summed E-state index contributed by atoms with van der Waals surface area (Å²) in [5.41, 5.74) is -0.404. The Kier molecular flexibility index (Phi) is 3.19. The van der Waals surface area contributed by atoms with Crippen molar-refractivity contribution < 1.29 is 9.90 Å². The molecule has 0 aliphatic carbocycles. The molecule has 1 N–H and O–H groups in total. The zero-order chi connectivity index (χ0) is 12.3. The van der Waals surface area contributed by atoms with Crippen LogP contribution in [-0.4, -0.2) is 18.1 Å². The van der Waals surface area contributed by atoms with Gasteiger partial charge in [-0.2, -0.15) is 5.26 Å². The SMILES string of the molecule is CN(C(=O)C(C)(C)C#N)c1ccc(O)cc1. The second-order valence-corrected chi connectivity index (χ2v) is 4.12. The summed E-state index contributed by atoms with van der Waals surface area (Å²) in [5.74, 6) is -0.134. The normalized spacial score (nSPS) is 10.6. The van der Waals surface area contributed by atoms with Gasteiger partial charge in [0.25, 0.3) is 0 Å². The van der Waals surface area contributed by atoms with Crippen LogP contribution in [0.15, 0.2) is 24.3 Å². The van der Waals surface area contributed by atoms with Crippen molar-refractivity contribution in [2.75, 3.05) is 11.9 Å². The Balaban J connectivity index is 2.96. The molecule has 1 aromatic rings. The summed E-state index contributed by atoms with van der Waals surface area (Å²) in [6.07, 6.45) is 0. The molecule has 0 aliphatic heterocycles. The van der Waals surface area contributed by atoms with E-state index in [2.05, 4.69) is 0 Å². The van der Waals surface area contributed by atoms with Crippen molar-refractivity contribution in [1.29, 1.82) is 5.26 Å². The van der Waals surface area contributed by atoms with E-state index in [1.807, 2.05) is 6.07 Å². The average Bonchev–Trinajstić information content (AvgIpc) is 2.28. The molecule has 0 unspecified atom stereocenters. The number of carbonyl (C=O) groups excluding carboxylic acids is 1. The Labute approximate surface area is 94.7 Å². The zero-order valence-corrected chi connectivity index (χ0v) is 9.56. The number of carbonyl (C=O) groups is 1. The highest BCUT2D eigenvalue weighted by Gasteiger charge is 2.30. The van der Waals surface area contributed by atoms with Crippen molar-refractivity contribution in [2.45, 2.75) is 13.8 Å². The lowest BCUT2D eigenvalue weighted by Crippen LogP contribution is -2.37. The molecule has 0 spiro atoms. The number of benzene rings is 1. The van der Waals surface area contributed by atoms with Gasteiger partial charge in [0.05, 0.1) is 6.07 Å². The van der Waals surface area contributed by atoms with Gasteiger partial charge in [0.2, 0.25) is 5.91 Å². The minimum absolute atomic E-state index is 0.143. The maximum atomic E-state index is 11.9. The molecule has 4 heteroatoms. The summed E-state index contributed by atoms with van der Waals surface area (Å²) < 4.78 is 0. The van der Waals surface area contributed by atoms with Crippen molar-refractivity contribution >= 4 is 11.6 Å². The minimum Gasteiger partial charge on any atom is -0.508 e. The number of hydrogen-bond acceptors (Lipinski definition) is 3. The highest BCUT2D eigenvalue weighted by Crippen LogP contribution is 2.23. The second-order valence-electron chi connectivity index (χ2n) is 4.12. The van der Waals surface area contributed by atoms with Gasteiger partial charge in [-0.1, -0.05) is 0 Å². The van der Waals surface area contributed by atoms with Gasteiger partial charge in [-0.25, -0.2) is 0 Å². The first kappa shape index (κ1) is 12.1. The lowest BCUT2D eigenvalue weighted by atomic mass is 9.94. The number of phenols is 1. The summed E-state index contributed by atoms with van der Waals surface area (Å²) in [7, 11) is 1.60. The molecule has 0 radical (unpaired) electrons. The summed E-state index contributed by atoms with van der Waals surface area (Å²) in [4.78, 5) is 13.3. The molecule has 0 aliphatic rings. The van der Waals surface area contributed by atoms with Crippen molar-refractivity contribution in [2.24, 2.45) is 5.41 Å². The second kappa shape index (κ2) is 4.23. The monoisotopic (exact) mass is 218 g/mol. The Hall–Kier alpha value is -2.02. The van der Waals surface area contributed by atoms with Crippen LogP contribution in [0.2, 0.25) is 0 Å². The smallest absolute Gasteiger partial charge is 0.246 e. The van der Waals surface area contributed by atoms with E-state index < -0.39 is 5.41 Å². The van der Waals surface area contributed by atoms with Gasteiger partial charge in [0.1, 0.15) is 11.2 Å². The van der Waals surface area contributed by atoms with Crippen LogP contribution in [-0.2, 0) is 4.79 Å². The molecule has 0 saturated carbocycles. The molecule has 1 aromatic carbocycles. The molecule has 1 rings (SSSR count). The Morgan fingerprint density at radius 1 is 1.38 bits per heavy atom. The fraction of sp³-hybridized carbons (Fsp3) is 0.333. The van der Waals surface area contributed by atoms with Gasteiger partial charge in [-0.3, -0.25) is 4.79 Å². The van der Waals surface area contributed by atoms with E-state index >= 15 is 0 Å². The Bertz CT molecular complexity index is 429. The number of nitrogens with zero attached hydrogens (tertiary/aromatic N) is 2. The standard InChI is InChI=1S/C12H14N2O2/c1-12(2,8-13)11(16)14(3)9-4-6-10(15)7-5-9/h4-7,15H,1-3H3. The fourth-order valence-corrected chi connectivity index (χ4v) is 1.26. The van der Waals surface area contributed by atoms with Crippen LogP contribution >= 0.6 is 0 Å². The number of nitriles is 1. The third kappa shape index (κ3) is 2.31. The molecule has 0 fully saturated rings. The molecule has 0 aromatic heterocycles. The first-order valence-electron chi connectivity index (χ1n) is 4.87. The third-order valence-electron chi connectivity index (χ3n) is 2.36. The molecule has 0 bridgehead atoms. The van der Waals surface area contributed by atoms with Crippen molar-refractivity contribution in [3.63, 3.8) is 0 Å². The van der Waals surface area contributed by atoms with Crippen LogP contribution in [0, 0.1) is 16.7 Å². The number of phenolic OH excluding ortho intramolecular Hbond substituents is 1. The van der Waals surface area contributed by atoms with E-state index in [9.17, 15) is 4.79 Å². The van der Waals surface area contributed by atoms with Crippen LogP contribution in [0.3, 0.4) is 0 Å². The molecule has 0 saturated heterocycles. The molecule has 4 nitrogen and oxygen atoms in total. The number of aromatic hydroxyl groups is 1. The van der Waals surface area contributed by atoms with E-state index in [0.717, 1.165) is 0 Å². The van der Waals surface area contributed by atoms with Crippen LogP contribution < -0.4 is 4.90 Å². The van der Waals surface area contributed by atoms with Gasteiger partial charge < -0.3 is 10.0 Å². The molecule has 1 amide bonds. The predicted octanol–water partition coefficient (Wildman–Crippen LogP) is 1.90. The van der Waals surface area contributed by atoms with Crippen LogP contribution in [0.4, 0.5) is 5.69 Å². The third-order valence-corrected chi connectivity index (χ3v) is 2.36. The maximum Gasteiger partial charge on any atom is 0.246 e. The van der Waals surface area contributed by atoms with Crippen LogP contribution in [0.5, 0.6) is 5.75 Å². The van der Waals surface area contributed by atoms with E-state index in [0.29, 0.717) is 5.69 Å². The van der Waals surface area contributed by atoms with Crippen LogP contribution in [0.25, 0.3) is 0 Å². The highest BCUT2D eigenvalue weighted by atomic mass is 16.3. The predicted molar refractivity (Wildman–Crippen MR) is 60.9 cm³/mol. The lowest BCUT2D eigenvalue weighted by Gasteiger charge is -2.24. The molecule has 16 heavy (non-hydrogen) atoms. The Morgan fingerprint density at radius 2 is 1.88 bits per heavy atom. The number of hydrogen-bond donors (Lipinski definition) is 1. The van der Waals surface area contributed by atoms with Crippen molar-refractivity contribution in [3.05, 3.63) is 24.3 Å². The molecular weight excluding hydrogens is 204 g/mol. The van der Waals surface area contributed by atoms with Gasteiger partial charge in [0.15, 0.2) is 0 Å². The van der Waals surface area contributed by atoms with E-state index in [1.165, 1.54) is 17.0 Å². The average molecular weight is 218 g/mol. The summed E-state index contributed by atoms with van der Waals surface area (Å²) >= 11 is 0. The molecular formula is C12H14N2O2. The first-order chi connectivity index (χ1) is 7.38.